The molecule has 0 aliphatic heterocycles. The zero-order valence-corrected chi connectivity index (χ0v) is 12.5. The molecule has 0 fully saturated rings. The Bertz CT molecular complexity index is 452. The van der Waals surface area contributed by atoms with Gasteiger partial charge in [0.2, 0.25) is 0 Å². The number of hydrogen-bond acceptors (Lipinski definition) is 4. The first-order valence-corrected chi connectivity index (χ1v) is 6.77. The van der Waals surface area contributed by atoms with Crippen LogP contribution < -0.4 is 14.8 Å². The second kappa shape index (κ2) is 7.14. The molecule has 112 valence electrons. The highest BCUT2D eigenvalue weighted by Crippen LogP contribution is 2.28. The average molecular weight is 281 g/mol. The van der Waals surface area contributed by atoms with Crippen molar-refractivity contribution >= 4 is 5.91 Å². The van der Waals surface area contributed by atoms with Gasteiger partial charge in [0.15, 0.2) is 11.5 Å². The molecule has 1 aromatic carbocycles. The maximum absolute atomic E-state index is 12.0. The molecule has 0 atom stereocenters. The predicted octanol–water partition coefficient (Wildman–Crippen LogP) is 1.98. The van der Waals surface area contributed by atoms with E-state index in [0.29, 0.717) is 30.3 Å². The van der Waals surface area contributed by atoms with Gasteiger partial charge in [0.05, 0.1) is 18.8 Å². The number of aliphatic hydroxyl groups is 1. The third kappa shape index (κ3) is 5.09. The van der Waals surface area contributed by atoms with E-state index in [1.165, 1.54) is 0 Å². The maximum atomic E-state index is 12.0. The fraction of sp³-hybridized carbons (Fsp3) is 0.533. The number of amides is 1. The van der Waals surface area contributed by atoms with Gasteiger partial charge in [-0.05, 0) is 45.9 Å². The van der Waals surface area contributed by atoms with Gasteiger partial charge in [0, 0.05) is 12.1 Å². The van der Waals surface area contributed by atoms with Crippen LogP contribution in [0.3, 0.4) is 0 Å². The van der Waals surface area contributed by atoms with E-state index in [4.69, 9.17) is 9.47 Å². The van der Waals surface area contributed by atoms with Crippen molar-refractivity contribution in [3.63, 3.8) is 0 Å². The Hall–Kier alpha value is -1.75. The highest BCUT2D eigenvalue weighted by molar-refractivity contribution is 5.94. The summed E-state index contributed by atoms with van der Waals surface area (Å²) in [5, 5.41) is 12.3. The third-order valence-corrected chi connectivity index (χ3v) is 2.49. The number of rotatable bonds is 7. The number of carbonyl (C=O) groups is 1. The summed E-state index contributed by atoms with van der Waals surface area (Å²) in [5.74, 6) is 0.912. The second-order valence-electron chi connectivity index (χ2n) is 5.02. The van der Waals surface area contributed by atoms with Crippen molar-refractivity contribution in [1.29, 1.82) is 0 Å². The van der Waals surface area contributed by atoms with Gasteiger partial charge in [-0.3, -0.25) is 4.79 Å². The molecule has 1 aromatic rings. The van der Waals surface area contributed by atoms with Crippen LogP contribution in [0.25, 0.3) is 0 Å². The van der Waals surface area contributed by atoms with Crippen molar-refractivity contribution in [2.24, 2.45) is 0 Å². The Morgan fingerprint density at radius 2 is 1.80 bits per heavy atom. The molecule has 1 amide bonds. The molecular formula is C15H23NO4. The van der Waals surface area contributed by atoms with Crippen molar-refractivity contribution < 1.29 is 19.4 Å². The van der Waals surface area contributed by atoms with Crippen LogP contribution in [-0.4, -0.2) is 36.4 Å². The Morgan fingerprint density at radius 3 is 2.35 bits per heavy atom. The second-order valence-corrected chi connectivity index (χ2v) is 5.02. The van der Waals surface area contributed by atoms with Crippen LogP contribution in [0, 0.1) is 0 Å². The Balaban J connectivity index is 2.85. The SMILES string of the molecule is CCOc1ccc(C(=O)NCC(C)(C)O)cc1OCC. The standard InChI is InChI=1S/C15H23NO4/c1-5-19-12-8-7-11(9-13(12)20-6-2)14(17)16-10-15(3,4)18/h7-9,18H,5-6,10H2,1-4H3,(H,16,17). The first-order chi connectivity index (χ1) is 9.37. The highest BCUT2D eigenvalue weighted by Gasteiger charge is 2.16. The zero-order valence-electron chi connectivity index (χ0n) is 12.5. The average Bonchev–Trinajstić information content (AvgIpc) is 2.37. The summed E-state index contributed by atoms with van der Waals surface area (Å²) in [6.07, 6.45) is 0. The van der Waals surface area contributed by atoms with Gasteiger partial charge in [-0.25, -0.2) is 0 Å². The molecule has 0 aliphatic rings. The topological polar surface area (TPSA) is 67.8 Å². The van der Waals surface area contributed by atoms with E-state index in [0.717, 1.165) is 0 Å². The van der Waals surface area contributed by atoms with Gasteiger partial charge in [0.25, 0.3) is 5.91 Å². The summed E-state index contributed by atoms with van der Waals surface area (Å²) in [5.41, 5.74) is -0.468. The number of hydrogen-bond donors (Lipinski definition) is 2. The van der Waals surface area contributed by atoms with Crippen LogP contribution in [0.2, 0.25) is 0 Å². The van der Waals surface area contributed by atoms with Crippen LogP contribution in [0.5, 0.6) is 11.5 Å². The number of ether oxygens (including phenoxy) is 2. The number of carbonyl (C=O) groups excluding carboxylic acids is 1. The Kier molecular flexibility index (Phi) is 5.82. The van der Waals surface area contributed by atoms with Gasteiger partial charge in [-0.15, -0.1) is 0 Å². The molecule has 20 heavy (non-hydrogen) atoms. The molecule has 5 heteroatoms. The number of nitrogens with one attached hydrogen (secondary N) is 1. The van der Waals surface area contributed by atoms with Gasteiger partial charge in [0.1, 0.15) is 0 Å². The summed E-state index contributed by atoms with van der Waals surface area (Å²) < 4.78 is 10.9. The van der Waals surface area contributed by atoms with Gasteiger partial charge in [-0.1, -0.05) is 0 Å². The monoisotopic (exact) mass is 281 g/mol. The predicted molar refractivity (Wildman–Crippen MR) is 77.4 cm³/mol. The molecule has 0 radical (unpaired) electrons. The van der Waals surface area contributed by atoms with Gasteiger partial charge in [-0.2, -0.15) is 0 Å². The van der Waals surface area contributed by atoms with Crippen molar-refractivity contribution in [3.05, 3.63) is 23.8 Å². The molecule has 5 nitrogen and oxygen atoms in total. The van der Waals surface area contributed by atoms with E-state index < -0.39 is 5.60 Å². The smallest absolute Gasteiger partial charge is 0.251 e. The summed E-state index contributed by atoms with van der Waals surface area (Å²) in [6.45, 7) is 8.24. The van der Waals surface area contributed by atoms with Crippen LogP contribution in [0.15, 0.2) is 18.2 Å². The van der Waals surface area contributed by atoms with E-state index >= 15 is 0 Å². The quantitative estimate of drug-likeness (QED) is 0.802. The summed E-state index contributed by atoms with van der Waals surface area (Å²) in [6, 6.07) is 5.04. The lowest BCUT2D eigenvalue weighted by atomic mass is 10.1. The van der Waals surface area contributed by atoms with Gasteiger partial charge < -0.3 is 19.9 Å². The van der Waals surface area contributed by atoms with Crippen molar-refractivity contribution in [1.82, 2.24) is 5.32 Å². The fourth-order valence-corrected chi connectivity index (χ4v) is 1.59. The van der Waals surface area contributed by atoms with Crippen molar-refractivity contribution in [2.75, 3.05) is 19.8 Å². The lowest BCUT2D eigenvalue weighted by Crippen LogP contribution is -2.38. The molecule has 0 saturated heterocycles. The Morgan fingerprint density at radius 1 is 1.20 bits per heavy atom. The van der Waals surface area contributed by atoms with E-state index in [9.17, 15) is 9.90 Å². The summed E-state index contributed by atoms with van der Waals surface area (Å²) >= 11 is 0. The van der Waals surface area contributed by atoms with Crippen LogP contribution in [0.1, 0.15) is 38.1 Å². The molecule has 0 aromatic heterocycles. The van der Waals surface area contributed by atoms with Crippen molar-refractivity contribution in [2.45, 2.75) is 33.3 Å². The minimum absolute atomic E-state index is 0.184. The molecule has 0 spiro atoms. The largest absolute Gasteiger partial charge is 0.490 e. The van der Waals surface area contributed by atoms with Crippen molar-refractivity contribution in [3.8, 4) is 11.5 Å². The molecule has 0 heterocycles. The molecule has 0 unspecified atom stereocenters. The highest BCUT2D eigenvalue weighted by atomic mass is 16.5. The minimum Gasteiger partial charge on any atom is -0.490 e. The molecule has 0 saturated carbocycles. The zero-order chi connectivity index (χ0) is 15.2. The molecule has 0 aliphatic carbocycles. The van der Waals surface area contributed by atoms with Crippen LogP contribution >= 0.6 is 0 Å². The molecular weight excluding hydrogens is 258 g/mol. The van der Waals surface area contributed by atoms with Gasteiger partial charge >= 0.3 is 0 Å². The normalized spacial score (nSPS) is 11.1. The lowest BCUT2D eigenvalue weighted by molar-refractivity contribution is 0.0694. The van der Waals surface area contributed by atoms with Crippen LogP contribution in [0.4, 0.5) is 0 Å². The molecule has 1 rings (SSSR count). The maximum Gasteiger partial charge on any atom is 0.251 e. The summed E-state index contributed by atoms with van der Waals surface area (Å²) in [7, 11) is 0. The van der Waals surface area contributed by atoms with E-state index in [2.05, 4.69) is 5.32 Å². The first kappa shape index (κ1) is 16.3. The summed E-state index contributed by atoms with van der Waals surface area (Å²) in [4.78, 5) is 12.0. The number of benzene rings is 1. The minimum atomic E-state index is -0.941. The Labute approximate surface area is 119 Å². The lowest BCUT2D eigenvalue weighted by Gasteiger charge is -2.18. The third-order valence-electron chi connectivity index (χ3n) is 2.49. The van der Waals surface area contributed by atoms with E-state index in [1.807, 2.05) is 13.8 Å². The fourth-order valence-electron chi connectivity index (χ4n) is 1.59. The van der Waals surface area contributed by atoms with E-state index in [1.54, 1.807) is 32.0 Å². The first-order valence-electron chi connectivity index (χ1n) is 6.77. The molecule has 2 N–H and O–H groups in total. The van der Waals surface area contributed by atoms with Crippen LogP contribution in [-0.2, 0) is 0 Å². The molecule has 0 bridgehead atoms. The van der Waals surface area contributed by atoms with E-state index in [-0.39, 0.29) is 12.5 Å².